The molecule has 1 aromatic rings. The fourth-order valence-electron chi connectivity index (χ4n) is 2.12. The summed E-state index contributed by atoms with van der Waals surface area (Å²) in [7, 11) is 0. The Kier molecular flexibility index (Phi) is 2.59. The Morgan fingerprint density at radius 1 is 1.47 bits per heavy atom. The average molecular weight is 204 g/mol. The molecule has 1 heterocycles. The highest BCUT2D eigenvalue weighted by Crippen LogP contribution is 2.26. The fourth-order valence-corrected chi connectivity index (χ4v) is 2.12. The Labute approximate surface area is 88.9 Å². The molecule has 1 saturated heterocycles. The van der Waals surface area contributed by atoms with Crippen molar-refractivity contribution in [3.8, 4) is 6.07 Å². The lowest BCUT2D eigenvalue weighted by Gasteiger charge is -2.23. The molecule has 0 saturated carbocycles. The predicted octanol–water partition coefficient (Wildman–Crippen LogP) is 2.69. The Morgan fingerprint density at radius 2 is 2.27 bits per heavy atom. The molecule has 2 rings (SSSR count). The van der Waals surface area contributed by atoms with Gasteiger partial charge in [-0.1, -0.05) is 0 Å². The molecule has 0 N–H and O–H groups in total. The first-order valence-electron chi connectivity index (χ1n) is 5.18. The minimum Gasteiger partial charge on any atom is -0.369 e. The van der Waals surface area contributed by atoms with Gasteiger partial charge in [0.1, 0.15) is 5.82 Å². The number of anilines is 1. The fraction of sp³-hybridized carbons (Fsp3) is 0.417. The van der Waals surface area contributed by atoms with Gasteiger partial charge in [-0.05, 0) is 38.0 Å². The molecule has 0 aliphatic carbocycles. The first-order chi connectivity index (χ1) is 7.20. The Balaban J connectivity index is 2.36. The normalized spacial score (nSPS) is 20.3. The van der Waals surface area contributed by atoms with Crippen LogP contribution in [0.3, 0.4) is 0 Å². The van der Waals surface area contributed by atoms with Gasteiger partial charge in [0.15, 0.2) is 0 Å². The maximum atomic E-state index is 13.2. The summed E-state index contributed by atoms with van der Waals surface area (Å²) in [5.74, 6) is -0.330. The number of hydrogen-bond donors (Lipinski definition) is 0. The van der Waals surface area contributed by atoms with E-state index in [2.05, 4.69) is 11.8 Å². The topological polar surface area (TPSA) is 27.0 Å². The highest BCUT2D eigenvalue weighted by molar-refractivity contribution is 5.53. The van der Waals surface area contributed by atoms with E-state index >= 15 is 0 Å². The van der Waals surface area contributed by atoms with E-state index in [4.69, 9.17) is 5.26 Å². The molecule has 3 heteroatoms. The van der Waals surface area contributed by atoms with Gasteiger partial charge in [-0.15, -0.1) is 0 Å². The van der Waals surface area contributed by atoms with E-state index in [-0.39, 0.29) is 5.82 Å². The van der Waals surface area contributed by atoms with E-state index < -0.39 is 0 Å². The Hall–Kier alpha value is -1.56. The molecular formula is C12H13FN2. The van der Waals surface area contributed by atoms with Gasteiger partial charge < -0.3 is 4.90 Å². The van der Waals surface area contributed by atoms with Gasteiger partial charge in [0.25, 0.3) is 0 Å². The van der Waals surface area contributed by atoms with Crippen molar-refractivity contribution in [1.29, 1.82) is 5.26 Å². The number of benzene rings is 1. The summed E-state index contributed by atoms with van der Waals surface area (Å²) in [6.45, 7) is 3.08. The smallest absolute Gasteiger partial charge is 0.126 e. The summed E-state index contributed by atoms with van der Waals surface area (Å²) in [6.07, 6.45) is 2.28. The second-order valence-electron chi connectivity index (χ2n) is 3.99. The van der Waals surface area contributed by atoms with Crippen molar-refractivity contribution in [3.05, 3.63) is 29.6 Å². The van der Waals surface area contributed by atoms with Crippen molar-refractivity contribution >= 4 is 5.69 Å². The minimum atomic E-state index is -0.330. The summed E-state index contributed by atoms with van der Waals surface area (Å²) in [5.41, 5.74) is 1.22. The van der Waals surface area contributed by atoms with E-state index in [1.165, 1.54) is 12.1 Å². The number of halogens is 1. The highest BCUT2D eigenvalue weighted by Gasteiger charge is 2.21. The molecule has 0 spiro atoms. The van der Waals surface area contributed by atoms with E-state index in [9.17, 15) is 4.39 Å². The van der Waals surface area contributed by atoms with Gasteiger partial charge in [-0.25, -0.2) is 4.39 Å². The van der Waals surface area contributed by atoms with Gasteiger partial charge in [-0.2, -0.15) is 5.26 Å². The van der Waals surface area contributed by atoms with Crippen LogP contribution in [0, 0.1) is 17.1 Å². The molecule has 0 bridgehead atoms. The van der Waals surface area contributed by atoms with Crippen molar-refractivity contribution in [2.75, 3.05) is 11.4 Å². The third-order valence-corrected chi connectivity index (χ3v) is 2.90. The molecule has 15 heavy (non-hydrogen) atoms. The average Bonchev–Trinajstić information content (AvgIpc) is 2.63. The standard InChI is InChI=1S/C12H13FN2/c1-9-3-2-4-15(9)12-6-10(8-14)5-11(13)7-12/h5-7,9H,2-4H2,1H3. The van der Waals surface area contributed by atoms with Crippen LogP contribution in [-0.2, 0) is 0 Å². The lowest BCUT2D eigenvalue weighted by atomic mass is 10.2. The number of nitriles is 1. The van der Waals surface area contributed by atoms with Gasteiger partial charge in [-0.3, -0.25) is 0 Å². The molecule has 1 aliphatic heterocycles. The van der Waals surface area contributed by atoms with Crippen LogP contribution in [0.1, 0.15) is 25.3 Å². The second kappa shape index (κ2) is 3.90. The summed E-state index contributed by atoms with van der Waals surface area (Å²) in [4.78, 5) is 2.16. The van der Waals surface area contributed by atoms with Crippen LogP contribution in [0.15, 0.2) is 18.2 Å². The van der Waals surface area contributed by atoms with Crippen LogP contribution in [0.2, 0.25) is 0 Å². The Bertz CT molecular complexity index is 409. The summed E-state index contributed by atoms with van der Waals surface area (Å²) in [5, 5.41) is 8.76. The maximum absolute atomic E-state index is 13.2. The third kappa shape index (κ3) is 1.94. The first-order valence-corrected chi connectivity index (χ1v) is 5.18. The lowest BCUT2D eigenvalue weighted by molar-refractivity contribution is 0.625. The first kappa shape index (κ1) is 9.97. The number of hydrogen-bond acceptors (Lipinski definition) is 2. The van der Waals surface area contributed by atoms with Crippen molar-refractivity contribution in [1.82, 2.24) is 0 Å². The second-order valence-corrected chi connectivity index (χ2v) is 3.99. The molecule has 0 amide bonds. The maximum Gasteiger partial charge on any atom is 0.126 e. The van der Waals surface area contributed by atoms with E-state index in [0.717, 1.165) is 25.1 Å². The van der Waals surface area contributed by atoms with Crippen LogP contribution in [0.5, 0.6) is 0 Å². The summed E-state index contributed by atoms with van der Waals surface area (Å²) >= 11 is 0. The SMILES string of the molecule is CC1CCCN1c1cc(F)cc(C#N)c1. The van der Waals surface area contributed by atoms with Crippen LogP contribution < -0.4 is 4.90 Å². The van der Waals surface area contributed by atoms with E-state index in [1.807, 2.05) is 6.07 Å². The molecule has 78 valence electrons. The predicted molar refractivity (Wildman–Crippen MR) is 57.2 cm³/mol. The highest BCUT2D eigenvalue weighted by atomic mass is 19.1. The molecule has 1 unspecified atom stereocenters. The van der Waals surface area contributed by atoms with Crippen LogP contribution in [0.4, 0.5) is 10.1 Å². The monoisotopic (exact) mass is 204 g/mol. The molecule has 1 aromatic carbocycles. The van der Waals surface area contributed by atoms with Crippen molar-refractivity contribution in [2.24, 2.45) is 0 Å². The van der Waals surface area contributed by atoms with Crippen LogP contribution in [-0.4, -0.2) is 12.6 Å². The molecule has 1 fully saturated rings. The zero-order chi connectivity index (χ0) is 10.8. The summed E-state index contributed by atoms with van der Waals surface area (Å²) < 4.78 is 13.2. The molecule has 2 nitrogen and oxygen atoms in total. The Morgan fingerprint density at radius 3 is 2.87 bits per heavy atom. The minimum absolute atomic E-state index is 0.330. The number of rotatable bonds is 1. The molecule has 0 aromatic heterocycles. The van der Waals surface area contributed by atoms with E-state index in [1.54, 1.807) is 6.07 Å². The van der Waals surface area contributed by atoms with Crippen molar-refractivity contribution < 1.29 is 4.39 Å². The molecule has 1 atom stereocenters. The van der Waals surface area contributed by atoms with E-state index in [0.29, 0.717) is 11.6 Å². The number of nitrogens with zero attached hydrogens (tertiary/aromatic N) is 2. The van der Waals surface area contributed by atoms with Gasteiger partial charge in [0.05, 0.1) is 11.6 Å². The zero-order valence-electron chi connectivity index (χ0n) is 8.70. The molecule has 1 aliphatic rings. The lowest BCUT2D eigenvalue weighted by Crippen LogP contribution is -2.26. The van der Waals surface area contributed by atoms with Crippen LogP contribution in [0.25, 0.3) is 0 Å². The zero-order valence-corrected chi connectivity index (χ0v) is 8.70. The largest absolute Gasteiger partial charge is 0.369 e. The molecular weight excluding hydrogens is 191 g/mol. The summed E-state index contributed by atoms with van der Waals surface area (Å²) in [6, 6.07) is 6.95. The van der Waals surface area contributed by atoms with Crippen molar-refractivity contribution in [3.63, 3.8) is 0 Å². The van der Waals surface area contributed by atoms with Gasteiger partial charge in [0.2, 0.25) is 0 Å². The quantitative estimate of drug-likeness (QED) is 0.703. The van der Waals surface area contributed by atoms with Crippen LogP contribution >= 0.6 is 0 Å². The third-order valence-electron chi connectivity index (χ3n) is 2.90. The molecule has 0 radical (unpaired) electrons. The van der Waals surface area contributed by atoms with Gasteiger partial charge >= 0.3 is 0 Å². The van der Waals surface area contributed by atoms with Gasteiger partial charge in [0, 0.05) is 18.3 Å². The van der Waals surface area contributed by atoms with Crippen molar-refractivity contribution in [2.45, 2.75) is 25.8 Å².